The Morgan fingerprint density at radius 3 is 3.12 bits per heavy atom. The fourth-order valence-corrected chi connectivity index (χ4v) is 2.34. The fraction of sp³-hybridized carbons (Fsp3) is 0.667. The molecule has 94 valence electrons. The van der Waals surface area contributed by atoms with Gasteiger partial charge in [-0.15, -0.1) is 0 Å². The zero-order chi connectivity index (χ0) is 12.3. The topological polar surface area (TPSA) is 64.2 Å². The lowest BCUT2D eigenvalue weighted by Crippen LogP contribution is -2.44. The first-order valence-electron chi connectivity index (χ1n) is 6.20. The van der Waals surface area contributed by atoms with Gasteiger partial charge in [0.2, 0.25) is 5.91 Å². The van der Waals surface area contributed by atoms with Crippen LogP contribution < -0.4 is 5.73 Å². The van der Waals surface area contributed by atoms with E-state index in [1.165, 1.54) is 0 Å². The predicted octanol–water partition coefficient (Wildman–Crippen LogP) is 0.641. The molecular weight excluding hydrogens is 216 g/mol. The highest BCUT2D eigenvalue weighted by Crippen LogP contribution is 2.18. The number of carbonyl (C=O) groups is 1. The lowest BCUT2D eigenvalue weighted by atomic mass is 9.98. The Morgan fingerprint density at radius 2 is 2.47 bits per heavy atom. The van der Waals surface area contributed by atoms with Gasteiger partial charge in [0, 0.05) is 25.5 Å². The maximum Gasteiger partial charge on any atom is 0.247 e. The minimum absolute atomic E-state index is 0.145. The van der Waals surface area contributed by atoms with Crippen LogP contribution in [0.3, 0.4) is 0 Å². The number of hydrogen-bond donors (Lipinski definition) is 1. The molecule has 1 aliphatic rings. The number of rotatable bonds is 3. The Hall–Kier alpha value is -1.36. The van der Waals surface area contributed by atoms with E-state index in [-0.39, 0.29) is 11.9 Å². The average molecular weight is 236 g/mol. The SMILES string of the molecule is C[C@@H](C(=O)N1CCC[C@H](CN)C1)n1cccn1. The van der Waals surface area contributed by atoms with Gasteiger partial charge in [-0.3, -0.25) is 9.48 Å². The van der Waals surface area contributed by atoms with Crippen molar-refractivity contribution in [1.82, 2.24) is 14.7 Å². The van der Waals surface area contributed by atoms with Crippen LogP contribution in [0.2, 0.25) is 0 Å². The molecule has 1 saturated heterocycles. The Balaban J connectivity index is 1.99. The molecule has 1 fully saturated rings. The minimum Gasteiger partial charge on any atom is -0.341 e. The summed E-state index contributed by atoms with van der Waals surface area (Å²) >= 11 is 0. The maximum atomic E-state index is 12.3. The molecule has 1 aliphatic heterocycles. The first-order valence-corrected chi connectivity index (χ1v) is 6.20. The number of aromatic nitrogens is 2. The summed E-state index contributed by atoms with van der Waals surface area (Å²) in [6.07, 6.45) is 5.71. The van der Waals surface area contributed by atoms with Gasteiger partial charge in [-0.25, -0.2) is 0 Å². The van der Waals surface area contributed by atoms with Crippen LogP contribution in [0.1, 0.15) is 25.8 Å². The van der Waals surface area contributed by atoms with Crippen molar-refractivity contribution in [3.05, 3.63) is 18.5 Å². The van der Waals surface area contributed by atoms with Crippen LogP contribution in [0.25, 0.3) is 0 Å². The molecule has 2 atom stereocenters. The van der Waals surface area contributed by atoms with E-state index in [9.17, 15) is 4.79 Å². The molecule has 17 heavy (non-hydrogen) atoms. The van der Waals surface area contributed by atoms with Crippen LogP contribution >= 0.6 is 0 Å². The molecule has 2 heterocycles. The number of nitrogens with two attached hydrogens (primary N) is 1. The first-order chi connectivity index (χ1) is 8.22. The highest BCUT2D eigenvalue weighted by Gasteiger charge is 2.26. The summed E-state index contributed by atoms with van der Waals surface area (Å²) in [7, 11) is 0. The Morgan fingerprint density at radius 1 is 1.65 bits per heavy atom. The molecule has 0 aliphatic carbocycles. The smallest absolute Gasteiger partial charge is 0.247 e. The summed E-state index contributed by atoms with van der Waals surface area (Å²) in [5, 5.41) is 4.12. The Labute approximate surface area is 102 Å². The number of piperidine rings is 1. The second-order valence-corrected chi connectivity index (χ2v) is 4.69. The third-order valence-corrected chi connectivity index (χ3v) is 3.44. The van der Waals surface area contributed by atoms with Gasteiger partial charge < -0.3 is 10.6 Å². The Bertz CT molecular complexity index is 363. The molecule has 2 N–H and O–H groups in total. The number of nitrogens with zero attached hydrogens (tertiary/aromatic N) is 3. The number of amides is 1. The molecule has 0 spiro atoms. The van der Waals surface area contributed by atoms with Crippen molar-refractivity contribution < 1.29 is 4.79 Å². The zero-order valence-electron chi connectivity index (χ0n) is 10.2. The third-order valence-electron chi connectivity index (χ3n) is 3.44. The van der Waals surface area contributed by atoms with E-state index in [0.29, 0.717) is 12.5 Å². The van der Waals surface area contributed by atoms with E-state index < -0.39 is 0 Å². The van der Waals surface area contributed by atoms with Crippen molar-refractivity contribution >= 4 is 5.91 Å². The molecule has 0 saturated carbocycles. The standard InChI is InChI=1S/C12H20N4O/c1-10(16-7-3-5-14-16)12(17)15-6-2-4-11(8-13)9-15/h3,5,7,10-11H,2,4,6,8-9,13H2,1H3/t10-,11+/m0/s1. The van der Waals surface area contributed by atoms with E-state index >= 15 is 0 Å². The summed E-state index contributed by atoms with van der Waals surface area (Å²) in [6.45, 7) is 4.20. The normalized spacial score (nSPS) is 22.5. The van der Waals surface area contributed by atoms with Crippen molar-refractivity contribution in [3.63, 3.8) is 0 Å². The third kappa shape index (κ3) is 2.66. The average Bonchev–Trinajstić information content (AvgIpc) is 2.91. The summed E-state index contributed by atoms with van der Waals surface area (Å²) in [4.78, 5) is 14.2. The minimum atomic E-state index is -0.221. The molecule has 1 aromatic rings. The molecular formula is C12H20N4O. The summed E-state index contributed by atoms with van der Waals surface area (Å²) in [6, 6.07) is 1.62. The van der Waals surface area contributed by atoms with E-state index in [1.54, 1.807) is 10.9 Å². The van der Waals surface area contributed by atoms with Crippen molar-refractivity contribution in [2.24, 2.45) is 11.7 Å². The van der Waals surface area contributed by atoms with Crippen LogP contribution in [0.15, 0.2) is 18.5 Å². The van der Waals surface area contributed by atoms with Crippen molar-refractivity contribution in [1.29, 1.82) is 0 Å². The summed E-state index contributed by atoms with van der Waals surface area (Å²) in [5.41, 5.74) is 5.68. The van der Waals surface area contributed by atoms with Crippen LogP contribution in [0, 0.1) is 5.92 Å². The maximum absolute atomic E-state index is 12.3. The van der Waals surface area contributed by atoms with Gasteiger partial charge in [-0.1, -0.05) is 0 Å². The number of hydrogen-bond acceptors (Lipinski definition) is 3. The van der Waals surface area contributed by atoms with Gasteiger partial charge in [0.25, 0.3) is 0 Å². The summed E-state index contributed by atoms with van der Waals surface area (Å²) < 4.78 is 1.70. The Kier molecular flexibility index (Phi) is 3.78. The van der Waals surface area contributed by atoms with Crippen LogP contribution in [-0.4, -0.2) is 40.2 Å². The van der Waals surface area contributed by atoms with E-state index in [2.05, 4.69) is 5.10 Å². The van der Waals surface area contributed by atoms with Crippen LogP contribution in [0.4, 0.5) is 0 Å². The van der Waals surface area contributed by atoms with Gasteiger partial charge in [0.1, 0.15) is 6.04 Å². The van der Waals surface area contributed by atoms with E-state index in [4.69, 9.17) is 5.73 Å². The van der Waals surface area contributed by atoms with Crippen LogP contribution in [-0.2, 0) is 4.79 Å². The molecule has 0 unspecified atom stereocenters. The highest BCUT2D eigenvalue weighted by molar-refractivity contribution is 5.80. The second-order valence-electron chi connectivity index (χ2n) is 4.69. The largest absolute Gasteiger partial charge is 0.341 e. The molecule has 0 radical (unpaired) electrons. The quantitative estimate of drug-likeness (QED) is 0.837. The lowest BCUT2D eigenvalue weighted by Gasteiger charge is -2.33. The molecule has 1 amide bonds. The highest BCUT2D eigenvalue weighted by atomic mass is 16.2. The van der Waals surface area contributed by atoms with Gasteiger partial charge in [-0.05, 0) is 38.3 Å². The predicted molar refractivity (Wildman–Crippen MR) is 65.3 cm³/mol. The number of carbonyl (C=O) groups excluding carboxylic acids is 1. The van der Waals surface area contributed by atoms with E-state index in [1.807, 2.05) is 24.1 Å². The van der Waals surface area contributed by atoms with Gasteiger partial charge in [-0.2, -0.15) is 5.10 Å². The first kappa shape index (κ1) is 12.1. The molecule has 2 rings (SSSR count). The molecule has 5 nitrogen and oxygen atoms in total. The monoisotopic (exact) mass is 236 g/mol. The summed E-state index contributed by atoms with van der Waals surface area (Å²) in [5.74, 6) is 0.601. The van der Waals surface area contributed by atoms with Gasteiger partial charge in [0.15, 0.2) is 0 Å². The second kappa shape index (κ2) is 5.31. The zero-order valence-corrected chi connectivity index (χ0v) is 10.2. The van der Waals surface area contributed by atoms with Gasteiger partial charge in [0.05, 0.1) is 0 Å². The van der Waals surface area contributed by atoms with Crippen molar-refractivity contribution in [3.8, 4) is 0 Å². The number of likely N-dealkylation sites (tertiary alicyclic amines) is 1. The molecule has 1 aromatic heterocycles. The molecule has 5 heteroatoms. The van der Waals surface area contributed by atoms with Crippen LogP contribution in [0.5, 0.6) is 0 Å². The van der Waals surface area contributed by atoms with E-state index in [0.717, 1.165) is 25.9 Å². The molecule has 0 aromatic carbocycles. The lowest BCUT2D eigenvalue weighted by molar-refractivity contribution is -0.136. The van der Waals surface area contributed by atoms with Crippen molar-refractivity contribution in [2.75, 3.05) is 19.6 Å². The van der Waals surface area contributed by atoms with Gasteiger partial charge >= 0.3 is 0 Å². The fourth-order valence-electron chi connectivity index (χ4n) is 2.34. The van der Waals surface area contributed by atoms with Crippen molar-refractivity contribution in [2.45, 2.75) is 25.8 Å². The molecule has 0 bridgehead atoms.